The van der Waals surface area contributed by atoms with Gasteiger partial charge in [0.25, 0.3) is 0 Å². The maximum Gasteiger partial charge on any atom is 0.0681 e. The highest BCUT2D eigenvalue weighted by molar-refractivity contribution is 5.83. The number of aromatic nitrogens is 2. The summed E-state index contributed by atoms with van der Waals surface area (Å²) in [5.74, 6) is 0. The van der Waals surface area contributed by atoms with E-state index in [4.69, 9.17) is 0 Å². The second-order valence-corrected chi connectivity index (χ2v) is 3.40. The minimum Gasteiger partial charge on any atom is -0.268 e. The van der Waals surface area contributed by atoms with Crippen LogP contribution in [0.25, 0.3) is 10.9 Å². The summed E-state index contributed by atoms with van der Waals surface area (Å²) in [5, 5.41) is 5.53. The van der Waals surface area contributed by atoms with Crippen LogP contribution in [-0.4, -0.2) is 9.78 Å². The number of aryl methyl sites for hydroxylation is 3. The topological polar surface area (TPSA) is 17.8 Å². The zero-order chi connectivity index (χ0) is 9.42. The van der Waals surface area contributed by atoms with Crippen molar-refractivity contribution in [1.82, 2.24) is 9.78 Å². The van der Waals surface area contributed by atoms with Gasteiger partial charge in [-0.15, -0.1) is 0 Å². The third-order valence-electron chi connectivity index (χ3n) is 2.69. The molecular formula is C11H14N2. The highest BCUT2D eigenvalue weighted by Crippen LogP contribution is 2.21. The van der Waals surface area contributed by atoms with Crippen LogP contribution in [0.5, 0.6) is 0 Å². The molecule has 0 fully saturated rings. The molecule has 1 aromatic carbocycles. The zero-order valence-electron chi connectivity index (χ0n) is 8.33. The van der Waals surface area contributed by atoms with Crippen LogP contribution >= 0.6 is 0 Å². The van der Waals surface area contributed by atoms with Gasteiger partial charge >= 0.3 is 0 Å². The molecule has 2 aromatic rings. The summed E-state index contributed by atoms with van der Waals surface area (Å²) in [6.45, 7) is 4.35. The Morgan fingerprint density at radius 2 is 2.15 bits per heavy atom. The smallest absolute Gasteiger partial charge is 0.0681 e. The fourth-order valence-electron chi connectivity index (χ4n) is 1.79. The molecule has 0 spiro atoms. The first-order valence-electron chi connectivity index (χ1n) is 4.64. The van der Waals surface area contributed by atoms with Crippen molar-refractivity contribution in [2.45, 2.75) is 20.3 Å². The van der Waals surface area contributed by atoms with Gasteiger partial charge in [0.2, 0.25) is 0 Å². The molecule has 0 bridgehead atoms. The number of nitrogens with zero attached hydrogens (tertiary/aromatic N) is 2. The number of fused-ring (bicyclic) bond motifs is 1. The average molecular weight is 174 g/mol. The predicted molar refractivity (Wildman–Crippen MR) is 54.8 cm³/mol. The lowest BCUT2D eigenvalue weighted by Crippen LogP contribution is -1.90. The standard InChI is InChI=1S/C11H14N2/c1-4-9-5-6-11-10(8(9)2)7-12-13(11)3/h5-7H,4H2,1-3H3. The van der Waals surface area contributed by atoms with Crippen LogP contribution < -0.4 is 0 Å². The van der Waals surface area contributed by atoms with E-state index in [2.05, 4.69) is 31.1 Å². The highest BCUT2D eigenvalue weighted by atomic mass is 15.2. The Kier molecular flexibility index (Phi) is 1.83. The van der Waals surface area contributed by atoms with Crippen LogP contribution in [-0.2, 0) is 13.5 Å². The van der Waals surface area contributed by atoms with Crippen molar-refractivity contribution in [2.24, 2.45) is 7.05 Å². The van der Waals surface area contributed by atoms with Gasteiger partial charge in [0, 0.05) is 12.4 Å². The molecule has 0 N–H and O–H groups in total. The van der Waals surface area contributed by atoms with Gasteiger partial charge in [0.15, 0.2) is 0 Å². The highest BCUT2D eigenvalue weighted by Gasteiger charge is 2.04. The summed E-state index contributed by atoms with van der Waals surface area (Å²) < 4.78 is 1.92. The molecule has 13 heavy (non-hydrogen) atoms. The molecule has 68 valence electrons. The lowest BCUT2D eigenvalue weighted by atomic mass is 10.0. The quantitative estimate of drug-likeness (QED) is 0.649. The van der Waals surface area contributed by atoms with E-state index in [1.807, 2.05) is 17.9 Å². The van der Waals surface area contributed by atoms with Gasteiger partial charge in [-0.2, -0.15) is 5.10 Å². The molecule has 1 aromatic heterocycles. The summed E-state index contributed by atoms with van der Waals surface area (Å²) >= 11 is 0. The van der Waals surface area contributed by atoms with Gasteiger partial charge in [-0.25, -0.2) is 0 Å². The summed E-state index contributed by atoms with van der Waals surface area (Å²) in [5.41, 5.74) is 4.00. The fraction of sp³-hybridized carbons (Fsp3) is 0.364. The van der Waals surface area contributed by atoms with Crippen LogP contribution in [0.3, 0.4) is 0 Å². The molecule has 2 rings (SSSR count). The molecule has 0 unspecified atom stereocenters. The third kappa shape index (κ3) is 1.13. The van der Waals surface area contributed by atoms with Gasteiger partial charge in [-0.3, -0.25) is 4.68 Å². The van der Waals surface area contributed by atoms with Crippen molar-refractivity contribution in [1.29, 1.82) is 0 Å². The maximum atomic E-state index is 4.25. The molecule has 0 aliphatic carbocycles. The molecule has 2 nitrogen and oxygen atoms in total. The van der Waals surface area contributed by atoms with Crippen LogP contribution in [0.15, 0.2) is 18.3 Å². The van der Waals surface area contributed by atoms with E-state index in [1.165, 1.54) is 22.0 Å². The first kappa shape index (κ1) is 8.30. The molecule has 0 atom stereocenters. The van der Waals surface area contributed by atoms with E-state index in [0.717, 1.165) is 6.42 Å². The molecular weight excluding hydrogens is 160 g/mol. The first-order chi connectivity index (χ1) is 6.24. The molecule has 0 aliphatic rings. The van der Waals surface area contributed by atoms with Crippen molar-refractivity contribution in [3.63, 3.8) is 0 Å². The Morgan fingerprint density at radius 1 is 1.38 bits per heavy atom. The van der Waals surface area contributed by atoms with Crippen LogP contribution in [0.4, 0.5) is 0 Å². The molecule has 0 radical (unpaired) electrons. The van der Waals surface area contributed by atoms with E-state index in [1.54, 1.807) is 0 Å². The molecule has 0 saturated heterocycles. The SMILES string of the molecule is CCc1ccc2c(cnn2C)c1C. The molecule has 0 aliphatic heterocycles. The van der Waals surface area contributed by atoms with Crippen molar-refractivity contribution in [3.8, 4) is 0 Å². The predicted octanol–water partition coefficient (Wildman–Crippen LogP) is 2.44. The fourth-order valence-corrected chi connectivity index (χ4v) is 1.79. The van der Waals surface area contributed by atoms with Crippen molar-refractivity contribution in [3.05, 3.63) is 29.5 Å². The van der Waals surface area contributed by atoms with E-state index < -0.39 is 0 Å². The van der Waals surface area contributed by atoms with Crippen LogP contribution in [0.2, 0.25) is 0 Å². The Balaban J connectivity index is 2.80. The van der Waals surface area contributed by atoms with Gasteiger partial charge in [0.05, 0.1) is 11.7 Å². The Bertz CT molecular complexity index is 441. The van der Waals surface area contributed by atoms with Crippen LogP contribution in [0.1, 0.15) is 18.1 Å². The molecule has 0 saturated carbocycles. The lowest BCUT2D eigenvalue weighted by Gasteiger charge is -2.03. The number of hydrogen-bond donors (Lipinski definition) is 0. The average Bonchev–Trinajstić information content (AvgIpc) is 2.50. The molecule has 0 amide bonds. The third-order valence-corrected chi connectivity index (χ3v) is 2.69. The largest absolute Gasteiger partial charge is 0.268 e. The number of hydrogen-bond acceptors (Lipinski definition) is 1. The minimum atomic E-state index is 1.09. The Labute approximate surface area is 78.2 Å². The number of benzene rings is 1. The van der Waals surface area contributed by atoms with Gasteiger partial charge in [-0.05, 0) is 30.5 Å². The summed E-state index contributed by atoms with van der Waals surface area (Å²) in [6, 6.07) is 4.34. The van der Waals surface area contributed by atoms with E-state index >= 15 is 0 Å². The summed E-state index contributed by atoms with van der Waals surface area (Å²) in [7, 11) is 1.98. The van der Waals surface area contributed by atoms with Gasteiger partial charge < -0.3 is 0 Å². The van der Waals surface area contributed by atoms with Crippen molar-refractivity contribution < 1.29 is 0 Å². The van der Waals surface area contributed by atoms with Crippen molar-refractivity contribution >= 4 is 10.9 Å². The second kappa shape index (κ2) is 2.87. The van der Waals surface area contributed by atoms with Gasteiger partial charge in [-0.1, -0.05) is 13.0 Å². The second-order valence-electron chi connectivity index (χ2n) is 3.40. The van der Waals surface area contributed by atoms with Gasteiger partial charge in [0.1, 0.15) is 0 Å². The Hall–Kier alpha value is -1.31. The van der Waals surface area contributed by atoms with E-state index in [0.29, 0.717) is 0 Å². The lowest BCUT2D eigenvalue weighted by molar-refractivity contribution is 0.797. The van der Waals surface area contributed by atoms with Crippen molar-refractivity contribution in [2.75, 3.05) is 0 Å². The summed E-state index contributed by atoms with van der Waals surface area (Å²) in [6.07, 6.45) is 3.04. The minimum absolute atomic E-state index is 1.09. The number of rotatable bonds is 1. The van der Waals surface area contributed by atoms with E-state index in [-0.39, 0.29) is 0 Å². The molecule has 1 heterocycles. The normalized spacial score (nSPS) is 11.0. The van der Waals surface area contributed by atoms with Crippen LogP contribution in [0, 0.1) is 6.92 Å². The van der Waals surface area contributed by atoms with E-state index in [9.17, 15) is 0 Å². The zero-order valence-corrected chi connectivity index (χ0v) is 8.33. The monoisotopic (exact) mass is 174 g/mol. The Morgan fingerprint density at radius 3 is 2.85 bits per heavy atom. The maximum absolute atomic E-state index is 4.25. The first-order valence-corrected chi connectivity index (χ1v) is 4.64. The molecule has 2 heteroatoms. The summed E-state index contributed by atoms with van der Waals surface area (Å²) in [4.78, 5) is 0.